The van der Waals surface area contributed by atoms with Gasteiger partial charge >= 0.3 is 0 Å². The predicted octanol–water partition coefficient (Wildman–Crippen LogP) is 0.296. The van der Waals surface area contributed by atoms with Crippen LogP contribution in [0.15, 0.2) is 12.5 Å². The van der Waals surface area contributed by atoms with E-state index in [1.54, 1.807) is 6.20 Å². The monoisotopic (exact) mass is 122 g/mol. The highest BCUT2D eigenvalue weighted by atomic mass is 15.3. The van der Waals surface area contributed by atoms with Crippen molar-refractivity contribution in [2.24, 2.45) is 7.05 Å². The lowest BCUT2D eigenvalue weighted by atomic mass is 10.5. The van der Waals surface area contributed by atoms with Gasteiger partial charge in [-0.25, -0.2) is 9.97 Å². The summed E-state index contributed by atoms with van der Waals surface area (Å²) in [6, 6.07) is 0. The molecule has 0 saturated carbocycles. The average molecular weight is 122 g/mol. The van der Waals surface area contributed by atoms with Gasteiger partial charge in [0.1, 0.15) is 11.8 Å². The number of aromatic amines is 1. The summed E-state index contributed by atoms with van der Waals surface area (Å²) in [6.45, 7) is 0. The molecule has 4 heteroatoms. The molecule has 2 aromatic heterocycles. The predicted molar refractivity (Wildman–Crippen MR) is 32.9 cm³/mol. The fraction of sp³-hybridized carbons (Fsp3) is 0.200. The van der Waals surface area contributed by atoms with Crippen LogP contribution in [0.1, 0.15) is 0 Å². The van der Waals surface area contributed by atoms with Gasteiger partial charge in [-0.15, -0.1) is 0 Å². The van der Waals surface area contributed by atoms with Crippen LogP contribution in [-0.2, 0) is 7.05 Å². The zero-order chi connectivity index (χ0) is 6.27. The summed E-state index contributed by atoms with van der Waals surface area (Å²) in [5.74, 6) is 0. The van der Waals surface area contributed by atoms with Gasteiger partial charge in [-0.05, 0) is 0 Å². The van der Waals surface area contributed by atoms with E-state index in [9.17, 15) is 0 Å². The Kier molecular flexibility index (Phi) is 0.677. The third-order valence-corrected chi connectivity index (χ3v) is 1.30. The molecule has 0 atom stereocenters. The molecular formula is C5H6N4. The van der Waals surface area contributed by atoms with E-state index in [0.717, 1.165) is 11.2 Å². The standard InChI is InChI=1S/C5H6N4/c1-9-5-4(8-9)2-6-3-7-5/h2-3,8H,1H3. The second kappa shape index (κ2) is 1.34. The van der Waals surface area contributed by atoms with Crippen LogP contribution in [-0.4, -0.2) is 19.7 Å². The maximum Gasteiger partial charge on any atom is 0.175 e. The van der Waals surface area contributed by atoms with Crippen molar-refractivity contribution in [1.29, 1.82) is 0 Å². The van der Waals surface area contributed by atoms with Gasteiger partial charge in [-0.2, -0.15) is 0 Å². The molecule has 0 aliphatic heterocycles. The summed E-state index contributed by atoms with van der Waals surface area (Å²) in [4.78, 5) is 7.83. The highest BCUT2D eigenvalue weighted by Gasteiger charge is 1.98. The van der Waals surface area contributed by atoms with Crippen LogP contribution in [0.2, 0.25) is 0 Å². The average Bonchev–Trinajstić information content (AvgIpc) is 1.86. The van der Waals surface area contributed by atoms with Crippen LogP contribution in [0.5, 0.6) is 0 Å². The first-order valence-corrected chi connectivity index (χ1v) is 2.68. The molecule has 4 nitrogen and oxygen atoms in total. The zero-order valence-corrected chi connectivity index (χ0v) is 5.00. The number of nitrogens with one attached hydrogen (secondary N) is 1. The molecule has 9 heavy (non-hydrogen) atoms. The Morgan fingerprint density at radius 2 is 2.56 bits per heavy atom. The lowest BCUT2D eigenvalue weighted by Gasteiger charge is -2.07. The van der Waals surface area contributed by atoms with Crippen molar-refractivity contribution in [3.63, 3.8) is 0 Å². The largest absolute Gasteiger partial charge is 0.292 e. The number of hydrogen-bond acceptors (Lipinski definition) is 2. The Morgan fingerprint density at radius 3 is 3.11 bits per heavy atom. The summed E-state index contributed by atoms with van der Waals surface area (Å²) in [7, 11) is 1.91. The van der Waals surface area contributed by atoms with Crippen molar-refractivity contribution in [1.82, 2.24) is 19.7 Å². The van der Waals surface area contributed by atoms with Crippen LogP contribution in [0.25, 0.3) is 11.2 Å². The molecule has 0 fully saturated rings. The number of hydrogen-bond donors (Lipinski definition) is 1. The summed E-state index contributed by atoms with van der Waals surface area (Å²) in [6.07, 6.45) is 3.29. The second-order valence-corrected chi connectivity index (χ2v) is 1.93. The molecule has 0 spiro atoms. The summed E-state index contributed by atoms with van der Waals surface area (Å²) in [5.41, 5.74) is 1.96. The van der Waals surface area contributed by atoms with E-state index in [2.05, 4.69) is 15.1 Å². The molecule has 0 amide bonds. The molecule has 0 saturated heterocycles. The van der Waals surface area contributed by atoms with Crippen LogP contribution in [0.3, 0.4) is 0 Å². The Balaban J connectivity index is 2.81. The lowest BCUT2D eigenvalue weighted by molar-refractivity contribution is 0.742. The molecule has 2 heterocycles. The number of nitrogens with zero attached hydrogens (tertiary/aromatic N) is 3. The van der Waals surface area contributed by atoms with Crippen molar-refractivity contribution in [3.05, 3.63) is 12.5 Å². The van der Waals surface area contributed by atoms with E-state index >= 15 is 0 Å². The highest BCUT2D eigenvalue weighted by molar-refractivity contribution is 5.70. The van der Waals surface area contributed by atoms with Gasteiger partial charge in [-0.3, -0.25) is 9.78 Å². The molecule has 0 aliphatic rings. The number of aryl methyl sites for hydroxylation is 1. The molecular weight excluding hydrogens is 116 g/mol. The maximum atomic E-state index is 4.00. The number of H-pyrrole nitrogens is 1. The van der Waals surface area contributed by atoms with E-state index in [1.165, 1.54) is 6.33 Å². The molecule has 0 aliphatic carbocycles. The van der Waals surface area contributed by atoms with E-state index in [0.29, 0.717) is 0 Å². The normalized spacial score (nSPS) is 10.8. The Labute approximate surface area is 51.5 Å². The number of aromatic nitrogens is 4. The fourth-order valence-corrected chi connectivity index (χ4v) is 0.850. The first-order valence-electron chi connectivity index (χ1n) is 2.68. The molecule has 0 aromatic carbocycles. The van der Waals surface area contributed by atoms with Crippen LogP contribution >= 0.6 is 0 Å². The summed E-state index contributed by atoms with van der Waals surface area (Å²) >= 11 is 0. The van der Waals surface area contributed by atoms with E-state index in [-0.39, 0.29) is 0 Å². The lowest BCUT2D eigenvalue weighted by Crippen LogP contribution is -2.06. The first-order chi connectivity index (χ1) is 4.38. The van der Waals surface area contributed by atoms with Crippen LogP contribution in [0.4, 0.5) is 0 Å². The van der Waals surface area contributed by atoms with Crippen molar-refractivity contribution in [3.8, 4) is 0 Å². The second-order valence-electron chi connectivity index (χ2n) is 1.93. The molecule has 2 rings (SSSR count). The maximum absolute atomic E-state index is 4.00. The topological polar surface area (TPSA) is 46.5 Å². The molecule has 1 N–H and O–H groups in total. The summed E-state index contributed by atoms with van der Waals surface area (Å²) < 4.78 is 1.84. The fourth-order valence-electron chi connectivity index (χ4n) is 0.850. The van der Waals surface area contributed by atoms with E-state index in [4.69, 9.17) is 0 Å². The smallest absolute Gasteiger partial charge is 0.175 e. The molecule has 46 valence electrons. The Morgan fingerprint density at radius 1 is 1.67 bits per heavy atom. The van der Waals surface area contributed by atoms with Gasteiger partial charge in [0.25, 0.3) is 0 Å². The highest BCUT2D eigenvalue weighted by Crippen LogP contribution is 2.05. The molecule has 2 aromatic rings. The third-order valence-electron chi connectivity index (χ3n) is 1.30. The van der Waals surface area contributed by atoms with Gasteiger partial charge in [0.15, 0.2) is 5.65 Å². The van der Waals surface area contributed by atoms with Crippen molar-refractivity contribution in [2.75, 3.05) is 0 Å². The first kappa shape index (κ1) is 4.55. The van der Waals surface area contributed by atoms with Gasteiger partial charge in [0.05, 0.1) is 6.20 Å². The van der Waals surface area contributed by atoms with Gasteiger partial charge in [0.2, 0.25) is 0 Å². The molecule has 0 unspecified atom stereocenters. The van der Waals surface area contributed by atoms with E-state index in [1.807, 2.05) is 11.7 Å². The quantitative estimate of drug-likeness (QED) is 0.546. The van der Waals surface area contributed by atoms with E-state index < -0.39 is 0 Å². The van der Waals surface area contributed by atoms with Crippen molar-refractivity contribution in [2.45, 2.75) is 0 Å². The van der Waals surface area contributed by atoms with Crippen molar-refractivity contribution >= 4 is 11.2 Å². The van der Waals surface area contributed by atoms with Gasteiger partial charge < -0.3 is 0 Å². The minimum atomic E-state index is 0.963. The third kappa shape index (κ3) is 0.468. The van der Waals surface area contributed by atoms with Crippen LogP contribution in [0, 0.1) is 0 Å². The Hall–Kier alpha value is -1.32. The minimum absolute atomic E-state index is 0.963. The SMILES string of the molecule is Cn1[nH]c2cncnc21. The molecule has 0 radical (unpaired) electrons. The summed E-state index contributed by atoms with van der Waals surface area (Å²) in [5, 5.41) is 2.99. The van der Waals surface area contributed by atoms with Gasteiger partial charge in [0, 0.05) is 7.05 Å². The number of rotatable bonds is 0. The van der Waals surface area contributed by atoms with Crippen LogP contribution < -0.4 is 0 Å². The number of fused-ring (bicyclic) bond motifs is 1. The Bertz CT molecular complexity index is 318. The molecule has 0 bridgehead atoms. The zero-order valence-electron chi connectivity index (χ0n) is 5.00. The van der Waals surface area contributed by atoms with Gasteiger partial charge in [-0.1, -0.05) is 0 Å². The minimum Gasteiger partial charge on any atom is -0.292 e. The van der Waals surface area contributed by atoms with Crippen molar-refractivity contribution < 1.29 is 0 Å².